The van der Waals surface area contributed by atoms with E-state index in [-0.39, 0.29) is 0 Å². The molecule has 0 N–H and O–H groups in total. The van der Waals surface area contributed by atoms with Crippen LogP contribution in [0.25, 0.3) is 0 Å². The summed E-state index contributed by atoms with van der Waals surface area (Å²) < 4.78 is 5.28. The van der Waals surface area contributed by atoms with Crippen LogP contribution in [0.4, 0.5) is 0 Å². The molecule has 0 bridgehead atoms. The summed E-state index contributed by atoms with van der Waals surface area (Å²) in [4.78, 5) is 11.7. The van der Waals surface area contributed by atoms with Gasteiger partial charge in [0.05, 0.1) is 7.11 Å². The highest BCUT2D eigenvalue weighted by Gasteiger charge is 2.46. The molecule has 13 heavy (non-hydrogen) atoms. The Kier molecular flexibility index (Phi) is 1.79. The van der Waals surface area contributed by atoms with Crippen molar-refractivity contribution in [2.24, 2.45) is 5.41 Å². The van der Waals surface area contributed by atoms with Gasteiger partial charge < -0.3 is 4.74 Å². The molecule has 0 aromatic rings. The Morgan fingerprint density at radius 2 is 2.15 bits per heavy atom. The third-order valence-electron chi connectivity index (χ3n) is 3.20. The molecule has 0 heterocycles. The lowest BCUT2D eigenvalue weighted by atomic mass is 9.78. The van der Waals surface area contributed by atoms with Gasteiger partial charge in [0.15, 0.2) is 5.78 Å². The second-order valence-electron chi connectivity index (χ2n) is 3.79. The van der Waals surface area contributed by atoms with Gasteiger partial charge in [-0.1, -0.05) is 11.6 Å². The van der Waals surface area contributed by atoms with Crippen molar-refractivity contribution in [1.29, 1.82) is 0 Å². The van der Waals surface area contributed by atoms with Crippen molar-refractivity contribution in [3.05, 3.63) is 23.5 Å². The maximum atomic E-state index is 11.7. The summed E-state index contributed by atoms with van der Waals surface area (Å²) in [5.41, 5.74) is 0.823. The van der Waals surface area contributed by atoms with Gasteiger partial charge in [0.1, 0.15) is 11.2 Å². The summed E-state index contributed by atoms with van der Waals surface area (Å²) >= 11 is 0. The van der Waals surface area contributed by atoms with Gasteiger partial charge in [-0.2, -0.15) is 0 Å². The first-order valence-electron chi connectivity index (χ1n) is 4.67. The lowest BCUT2D eigenvalue weighted by molar-refractivity contribution is -0.123. The fraction of sp³-hybridized carbons (Fsp3) is 0.545. The molecule has 1 unspecified atom stereocenters. The first-order valence-corrected chi connectivity index (χ1v) is 4.67. The standard InChI is InChI=1S/C11H14O2/c1-11-8(6-7-9(11)12)4-3-5-10(11)13-2/h4-5H,3,6-7H2,1-2H3. The number of fused-ring (bicyclic) bond motifs is 1. The van der Waals surface area contributed by atoms with E-state index in [0.29, 0.717) is 12.2 Å². The van der Waals surface area contributed by atoms with Crippen LogP contribution in [0.1, 0.15) is 26.2 Å². The lowest BCUT2D eigenvalue weighted by Gasteiger charge is -2.29. The van der Waals surface area contributed by atoms with Crippen LogP contribution in [0.5, 0.6) is 0 Å². The Hall–Kier alpha value is -1.05. The van der Waals surface area contributed by atoms with Crippen molar-refractivity contribution in [1.82, 2.24) is 0 Å². The Morgan fingerprint density at radius 1 is 1.38 bits per heavy atom. The fourth-order valence-electron chi connectivity index (χ4n) is 2.33. The summed E-state index contributed by atoms with van der Waals surface area (Å²) in [7, 11) is 1.64. The molecule has 2 nitrogen and oxygen atoms in total. The van der Waals surface area contributed by atoms with Crippen molar-refractivity contribution >= 4 is 5.78 Å². The molecule has 0 spiro atoms. The van der Waals surface area contributed by atoms with Gasteiger partial charge in [-0.3, -0.25) is 4.79 Å². The van der Waals surface area contributed by atoms with Crippen LogP contribution in [0.3, 0.4) is 0 Å². The maximum Gasteiger partial charge on any atom is 0.150 e. The van der Waals surface area contributed by atoms with Crippen LogP contribution in [-0.2, 0) is 9.53 Å². The largest absolute Gasteiger partial charge is 0.500 e. The number of ether oxygens (including phenoxy) is 1. The molecule has 0 aliphatic heterocycles. The number of carbonyl (C=O) groups excluding carboxylic acids is 1. The molecule has 2 heteroatoms. The molecular formula is C11H14O2. The summed E-state index contributed by atoms with van der Waals surface area (Å²) in [6.07, 6.45) is 6.65. The molecule has 0 saturated heterocycles. The third-order valence-corrected chi connectivity index (χ3v) is 3.20. The van der Waals surface area contributed by atoms with E-state index in [1.165, 1.54) is 5.57 Å². The van der Waals surface area contributed by atoms with Crippen LogP contribution in [0.2, 0.25) is 0 Å². The molecule has 70 valence electrons. The molecule has 2 rings (SSSR count). The second-order valence-corrected chi connectivity index (χ2v) is 3.79. The number of rotatable bonds is 1. The lowest BCUT2D eigenvalue weighted by Crippen LogP contribution is -2.28. The first-order chi connectivity index (χ1) is 6.19. The van der Waals surface area contributed by atoms with Crippen LogP contribution in [0, 0.1) is 5.41 Å². The van der Waals surface area contributed by atoms with Crippen LogP contribution < -0.4 is 0 Å². The zero-order chi connectivity index (χ0) is 9.47. The van der Waals surface area contributed by atoms with E-state index in [0.717, 1.165) is 18.6 Å². The highest BCUT2D eigenvalue weighted by molar-refractivity contribution is 5.93. The number of hydrogen-bond acceptors (Lipinski definition) is 2. The Labute approximate surface area is 78.3 Å². The number of Topliss-reactive ketones (excluding diaryl/α,β-unsaturated/α-hetero) is 1. The second kappa shape index (κ2) is 2.72. The van der Waals surface area contributed by atoms with Crippen molar-refractivity contribution in [3.63, 3.8) is 0 Å². The van der Waals surface area contributed by atoms with Crippen molar-refractivity contribution < 1.29 is 9.53 Å². The minimum absolute atomic E-state index is 0.298. The number of allylic oxidation sites excluding steroid dienone is 3. The third kappa shape index (κ3) is 0.978. The summed E-state index contributed by atoms with van der Waals surface area (Å²) in [6.45, 7) is 1.97. The van der Waals surface area contributed by atoms with E-state index in [4.69, 9.17) is 4.74 Å². The first kappa shape index (κ1) is 8.54. The zero-order valence-electron chi connectivity index (χ0n) is 8.09. The molecular weight excluding hydrogens is 164 g/mol. The normalized spacial score (nSPS) is 32.3. The highest BCUT2D eigenvalue weighted by Crippen LogP contribution is 2.47. The average Bonchev–Trinajstić information content (AvgIpc) is 2.43. The fourth-order valence-corrected chi connectivity index (χ4v) is 2.33. The quantitative estimate of drug-likeness (QED) is 0.575. The van der Waals surface area contributed by atoms with E-state index in [9.17, 15) is 4.79 Å². The minimum atomic E-state index is -0.424. The Morgan fingerprint density at radius 3 is 2.85 bits per heavy atom. The highest BCUT2D eigenvalue weighted by atomic mass is 16.5. The molecule has 1 saturated carbocycles. The average molecular weight is 178 g/mol. The predicted octanol–water partition coefficient (Wildman–Crippen LogP) is 2.22. The van der Waals surface area contributed by atoms with Gasteiger partial charge >= 0.3 is 0 Å². The number of hydrogen-bond donors (Lipinski definition) is 0. The van der Waals surface area contributed by atoms with Crippen molar-refractivity contribution in [3.8, 4) is 0 Å². The van der Waals surface area contributed by atoms with E-state index < -0.39 is 5.41 Å². The molecule has 0 aromatic carbocycles. The summed E-state index contributed by atoms with van der Waals surface area (Å²) in [5.74, 6) is 1.14. The van der Waals surface area contributed by atoms with E-state index >= 15 is 0 Å². The molecule has 1 atom stereocenters. The van der Waals surface area contributed by atoms with E-state index in [1.807, 2.05) is 13.0 Å². The van der Waals surface area contributed by atoms with Crippen LogP contribution in [-0.4, -0.2) is 12.9 Å². The minimum Gasteiger partial charge on any atom is -0.500 e. The van der Waals surface area contributed by atoms with Gasteiger partial charge in [-0.25, -0.2) is 0 Å². The van der Waals surface area contributed by atoms with Crippen molar-refractivity contribution in [2.45, 2.75) is 26.2 Å². The summed E-state index contributed by atoms with van der Waals surface area (Å²) in [6, 6.07) is 0. The van der Waals surface area contributed by atoms with Crippen LogP contribution in [0.15, 0.2) is 23.5 Å². The Balaban J connectivity index is 2.46. The van der Waals surface area contributed by atoms with Gasteiger partial charge in [-0.15, -0.1) is 0 Å². The van der Waals surface area contributed by atoms with E-state index in [2.05, 4.69) is 6.08 Å². The number of methoxy groups -OCH3 is 1. The van der Waals surface area contributed by atoms with Crippen LogP contribution >= 0.6 is 0 Å². The van der Waals surface area contributed by atoms with Gasteiger partial charge in [0.25, 0.3) is 0 Å². The maximum absolute atomic E-state index is 11.7. The predicted molar refractivity (Wildman–Crippen MR) is 50.1 cm³/mol. The molecule has 2 aliphatic carbocycles. The van der Waals surface area contributed by atoms with Gasteiger partial charge in [0.2, 0.25) is 0 Å². The smallest absolute Gasteiger partial charge is 0.150 e. The van der Waals surface area contributed by atoms with Gasteiger partial charge in [-0.05, 0) is 25.8 Å². The molecule has 2 aliphatic rings. The zero-order valence-corrected chi connectivity index (χ0v) is 8.09. The molecule has 0 amide bonds. The molecule has 0 aromatic heterocycles. The molecule has 0 radical (unpaired) electrons. The number of carbonyl (C=O) groups is 1. The van der Waals surface area contributed by atoms with Crippen molar-refractivity contribution in [2.75, 3.05) is 7.11 Å². The van der Waals surface area contributed by atoms with E-state index in [1.54, 1.807) is 7.11 Å². The topological polar surface area (TPSA) is 26.3 Å². The Bertz CT molecular complexity index is 312. The molecule has 1 fully saturated rings. The van der Waals surface area contributed by atoms with Gasteiger partial charge in [0, 0.05) is 6.42 Å². The SMILES string of the molecule is COC1=CCC=C2CCC(=O)C21C. The monoisotopic (exact) mass is 178 g/mol. The number of ketones is 1. The summed E-state index contributed by atoms with van der Waals surface area (Å²) in [5, 5.41) is 0.